The van der Waals surface area contributed by atoms with Gasteiger partial charge in [0.2, 0.25) is 5.82 Å². The standard InChI is InChI=1S/C37H41N3O4S2.C36H36ClFN4O4S3.Y/c1-5-28-8-6-9-31(22-28)40(25-30-12-10-29(11-13-30)14-15-36-27(2)45-20-7-21-46-36)37-32-23-34(43-18-16-41-3)35(44-19-17-42-4)24-33(32)38-26-39-37;1-49(43,44)15-12-41-19-28-8-11-32(46-28)25-6-9-31-29(17-25)36(40-23-39-31)42(21-35-34(20-41)47-13-3-14-48-35)27-7-10-33(30(37)18-27)45-22-24-4-2-5-26(38)16-24;/h1,6,8-10,12-13,22-24,26-27,36H,2,7,14-21,25H2,3-4H3;2,4-11,16-18,23,34-35H,3,12-15,19-22H2,1H3;/q-2;;/p+1/t27?,36-;34?,35-;/m11./s1. The average Bonchev–Trinajstić information content (AvgIpc) is 0.946. The van der Waals surface area contributed by atoms with E-state index in [1.807, 2.05) is 114 Å². The van der Waals surface area contributed by atoms with Crippen LogP contribution in [0.15, 0.2) is 144 Å². The van der Waals surface area contributed by atoms with Gasteiger partial charge in [0.15, 0.2) is 11.5 Å². The van der Waals surface area contributed by atoms with Crippen molar-refractivity contribution in [3.63, 3.8) is 0 Å². The number of fused-ring (bicyclic) bond motifs is 6. The Morgan fingerprint density at radius 3 is 2.26 bits per heavy atom. The number of aryl methyl sites for hydroxylation is 1. The van der Waals surface area contributed by atoms with Crippen LogP contribution in [0.1, 0.15) is 47.3 Å². The molecule has 0 saturated carbocycles. The monoisotopic (exact) mass is 1480 g/mol. The zero-order valence-electron chi connectivity index (χ0n) is 54.1. The number of furan rings is 1. The first kappa shape index (κ1) is 73.3. The third kappa shape index (κ3) is 20.1. The molecular weight excluding hydrogens is 1410 g/mol. The second kappa shape index (κ2) is 36.1. The molecule has 6 heterocycles. The van der Waals surface area contributed by atoms with Crippen LogP contribution < -0.4 is 24.0 Å². The van der Waals surface area contributed by atoms with Crippen LogP contribution in [0.25, 0.3) is 33.1 Å². The van der Waals surface area contributed by atoms with Gasteiger partial charge in [0.1, 0.15) is 76.9 Å². The van der Waals surface area contributed by atoms with Crippen molar-refractivity contribution in [1.82, 2.24) is 24.8 Å². The molecule has 96 heavy (non-hydrogen) atoms. The third-order valence-corrected chi connectivity index (χ3v) is 23.7. The fraction of sp³-hybridized carbons (Fsp3) is 0.356. The van der Waals surface area contributed by atoms with E-state index in [4.69, 9.17) is 56.1 Å². The first-order chi connectivity index (χ1) is 46.3. The SMILES string of the molecule is C#Cc1cccc([NH+](Cc2c[c-]c(CC[C@H]3SCCCSC3[CH2-])cc2)c2ncnc3cc(OCCOC)c(OCCOC)cc23)c1.CS(=O)(=O)CCN1Cc2ccc(o2)-c2ccc3ncnc(c3c2)N(c2ccc(OCc3cccc(F)c3)c(Cl)c2)C[C@H]2SCCCSC2C1.[Y]. The summed E-state index contributed by atoms with van der Waals surface area (Å²) >= 11 is 14.9. The number of nitrogens with zero attached hydrogens (tertiary/aromatic N) is 6. The molecule has 5 atom stereocenters. The fourth-order valence-corrected chi connectivity index (χ4v) is 18.2. The van der Waals surface area contributed by atoms with Gasteiger partial charge in [0.05, 0.1) is 53.5 Å². The van der Waals surface area contributed by atoms with Crippen LogP contribution in [0, 0.1) is 31.2 Å². The predicted molar refractivity (Wildman–Crippen MR) is 387 cm³/mol. The number of halogens is 2. The average molecular weight is 1490 g/mol. The van der Waals surface area contributed by atoms with Crippen molar-refractivity contribution in [3.05, 3.63) is 192 Å². The van der Waals surface area contributed by atoms with E-state index in [0.717, 1.165) is 109 Å². The molecule has 1 radical (unpaired) electrons. The Morgan fingerprint density at radius 2 is 1.51 bits per heavy atom. The van der Waals surface area contributed by atoms with Crippen LogP contribution in [0.4, 0.5) is 27.4 Å². The van der Waals surface area contributed by atoms with E-state index in [2.05, 4.69) is 80.8 Å². The van der Waals surface area contributed by atoms with Gasteiger partial charge >= 0.3 is 0 Å². The molecule has 9 aromatic rings. The van der Waals surface area contributed by atoms with Gasteiger partial charge in [0, 0.05) is 124 Å². The molecule has 0 aliphatic carbocycles. The normalized spacial score (nSPS) is 17.9. The van der Waals surface area contributed by atoms with Crippen LogP contribution >= 0.6 is 58.6 Å². The summed E-state index contributed by atoms with van der Waals surface area (Å²) in [6.45, 7) is 9.19. The van der Waals surface area contributed by atoms with E-state index in [1.54, 1.807) is 32.9 Å². The van der Waals surface area contributed by atoms with Gasteiger partial charge in [-0.25, -0.2) is 27.8 Å². The van der Waals surface area contributed by atoms with Gasteiger partial charge < -0.3 is 39.9 Å². The van der Waals surface area contributed by atoms with Gasteiger partial charge in [0.25, 0.3) is 0 Å². The Balaban J connectivity index is 0.000000207. The summed E-state index contributed by atoms with van der Waals surface area (Å²) in [4.78, 5) is 24.4. The molecular formula is C73H78ClFN7O8S5Y-. The van der Waals surface area contributed by atoms with Crippen molar-refractivity contribution in [2.75, 3.05) is 100 Å². The number of ether oxygens (including phenoxy) is 5. The maximum Gasteiger partial charge on any atom is 0.241 e. The van der Waals surface area contributed by atoms with Crippen molar-refractivity contribution >= 4 is 113 Å². The van der Waals surface area contributed by atoms with E-state index in [-0.39, 0.29) is 61.4 Å². The molecule has 6 aromatic carbocycles. The molecule has 2 saturated heterocycles. The van der Waals surface area contributed by atoms with Crippen LogP contribution in [0.3, 0.4) is 0 Å². The molecule has 3 aliphatic heterocycles. The fourth-order valence-electron chi connectivity index (χ4n) is 11.6. The molecule has 3 aliphatic rings. The molecule has 3 unspecified atom stereocenters. The van der Waals surface area contributed by atoms with Crippen LogP contribution in [-0.2, 0) is 78.1 Å². The topological polar surface area (TPSA) is 156 Å². The first-order valence-electron chi connectivity index (χ1n) is 31.7. The number of aromatic nitrogens is 4. The van der Waals surface area contributed by atoms with E-state index >= 15 is 0 Å². The Kier molecular flexibility index (Phi) is 27.5. The summed E-state index contributed by atoms with van der Waals surface area (Å²) < 4.78 is 73.2. The number of thioether (sulfide) groups is 4. The summed E-state index contributed by atoms with van der Waals surface area (Å²) in [6, 6.07) is 44.0. The van der Waals surface area contributed by atoms with Crippen molar-refractivity contribution in [3.8, 4) is 40.9 Å². The molecule has 0 amide bonds. The van der Waals surface area contributed by atoms with Crippen molar-refractivity contribution in [2.24, 2.45) is 0 Å². The zero-order chi connectivity index (χ0) is 66.1. The molecule has 1 N–H and O–H groups in total. The molecule has 0 spiro atoms. The van der Waals surface area contributed by atoms with Crippen LogP contribution in [-0.4, -0.2) is 150 Å². The maximum atomic E-state index is 13.8. The Labute approximate surface area is 610 Å². The number of terminal acetylenes is 1. The predicted octanol–water partition coefficient (Wildman–Crippen LogP) is 13.7. The van der Waals surface area contributed by atoms with Gasteiger partial charge in [-0.1, -0.05) is 35.7 Å². The van der Waals surface area contributed by atoms with E-state index in [9.17, 15) is 12.8 Å². The van der Waals surface area contributed by atoms with Crippen LogP contribution in [0.5, 0.6) is 17.2 Å². The quantitative estimate of drug-likeness (QED) is 0.0388. The van der Waals surface area contributed by atoms with Gasteiger partial charge in [-0.3, -0.25) is 9.80 Å². The Hall–Kier alpha value is -5.45. The number of nitrogens with one attached hydrogen (secondary N) is 1. The van der Waals surface area contributed by atoms with Crippen molar-refractivity contribution in [2.45, 2.75) is 66.4 Å². The number of quaternary nitrogens is 1. The smallest absolute Gasteiger partial charge is 0.241 e. The van der Waals surface area contributed by atoms with Gasteiger partial charge in [-0.2, -0.15) is 81.9 Å². The summed E-state index contributed by atoms with van der Waals surface area (Å²) in [5.41, 5.74) is 8.20. The molecule has 12 rings (SSSR count). The molecule has 23 heteroatoms. The number of hydrogen-bond donors (Lipinski definition) is 1. The number of benzene rings is 6. The molecule has 2 fully saturated rings. The van der Waals surface area contributed by atoms with E-state index in [1.165, 1.54) is 41.9 Å². The second-order valence-corrected chi connectivity index (χ2v) is 31.5. The number of methoxy groups -OCH3 is 2. The largest absolute Gasteiger partial charge is 0.487 e. The zero-order valence-corrected chi connectivity index (χ0v) is 61.8. The number of anilines is 2. The third-order valence-electron chi connectivity index (χ3n) is 16.5. The number of hydrogen-bond acceptors (Lipinski definition) is 18. The van der Waals surface area contributed by atoms with Crippen molar-refractivity contribution < 1.29 is 78.5 Å². The molecule has 501 valence electrons. The van der Waals surface area contributed by atoms with E-state index in [0.29, 0.717) is 97.5 Å². The Morgan fingerprint density at radius 1 is 0.760 bits per heavy atom. The minimum atomic E-state index is -3.16. The number of sulfone groups is 1. The molecule has 4 bridgehead atoms. The summed E-state index contributed by atoms with van der Waals surface area (Å²) in [6.07, 6.45) is 14.8. The Bertz CT molecular complexity index is 4190. The first-order valence-corrected chi connectivity index (χ1v) is 38.3. The molecule has 15 nitrogen and oxygen atoms in total. The second-order valence-electron chi connectivity index (χ2n) is 23.4. The molecule has 3 aromatic heterocycles. The maximum absolute atomic E-state index is 13.8. The summed E-state index contributed by atoms with van der Waals surface area (Å²) in [5, 5.41) is 3.60. The minimum absolute atomic E-state index is 0. The minimum Gasteiger partial charge on any atom is -0.487 e. The van der Waals surface area contributed by atoms with Gasteiger partial charge in [-0.15, -0.1) is 17.2 Å². The van der Waals surface area contributed by atoms with Crippen LogP contribution in [0.2, 0.25) is 5.02 Å². The van der Waals surface area contributed by atoms with E-state index < -0.39 is 9.84 Å². The summed E-state index contributed by atoms with van der Waals surface area (Å²) in [5.74, 6) is 11.8. The number of rotatable bonds is 22. The summed E-state index contributed by atoms with van der Waals surface area (Å²) in [7, 11) is 0.137. The van der Waals surface area contributed by atoms with Gasteiger partial charge in [-0.05, 0) is 132 Å². The van der Waals surface area contributed by atoms with Crippen molar-refractivity contribution in [1.29, 1.82) is 0 Å².